The molecule has 2 atom stereocenters. The van der Waals surface area contributed by atoms with Gasteiger partial charge in [-0.2, -0.15) is 16.4 Å². The number of aromatic nitrogens is 2. The summed E-state index contributed by atoms with van der Waals surface area (Å²) in [5.74, 6) is 0. The highest BCUT2D eigenvalue weighted by Crippen LogP contribution is 2.26. The van der Waals surface area contributed by atoms with Crippen LogP contribution in [0.15, 0.2) is 29.2 Å². The minimum atomic E-state index is 0.268. The Hall–Kier alpha value is -1.21. The zero-order valence-electron chi connectivity index (χ0n) is 13.9. The summed E-state index contributed by atoms with van der Waals surface area (Å²) in [5.41, 5.74) is 2.67. The van der Waals surface area contributed by atoms with Crippen molar-refractivity contribution in [2.75, 3.05) is 26.9 Å². The van der Waals surface area contributed by atoms with Gasteiger partial charge >= 0.3 is 0 Å². The maximum absolute atomic E-state index is 6.09. The molecule has 1 saturated heterocycles. The van der Waals surface area contributed by atoms with Crippen molar-refractivity contribution in [3.63, 3.8) is 0 Å². The summed E-state index contributed by atoms with van der Waals surface area (Å²) in [7, 11) is 3.68. The second-order valence-corrected chi connectivity index (χ2v) is 6.87. The van der Waals surface area contributed by atoms with Gasteiger partial charge in [-0.25, -0.2) is 0 Å². The lowest BCUT2D eigenvalue weighted by atomic mass is 10.0. The number of hydrogen-bond donors (Lipinski definition) is 0. The second kappa shape index (κ2) is 8.06. The van der Waals surface area contributed by atoms with Crippen LogP contribution in [0.25, 0.3) is 0 Å². The van der Waals surface area contributed by atoms with Gasteiger partial charge in [-0.05, 0) is 40.8 Å². The molecule has 0 N–H and O–H groups in total. The molecule has 0 aliphatic carbocycles. The average molecular weight is 335 g/mol. The lowest BCUT2D eigenvalue weighted by Crippen LogP contribution is -2.38. The maximum atomic E-state index is 6.09. The Labute approximate surface area is 141 Å². The van der Waals surface area contributed by atoms with E-state index >= 15 is 0 Å². The molecule has 1 aliphatic heterocycles. The van der Waals surface area contributed by atoms with Crippen LogP contribution in [-0.4, -0.2) is 53.7 Å². The quantitative estimate of drug-likeness (QED) is 0.694. The molecule has 0 spiro atoms. The number of nitrogens with zero attached hydrogens (tertiary/aromatic N) is 3. The van der Waals surface area contributed by atoms with E-state index in [1.54, 1.807) is 18.4 Å². The summed E-state index contributed by atoms with van der Waals surface area (Å²) in [6.07, 6.45) is 6.40. The third kappa shape index (κ3) is 4.41. The monoisotopic (exact) mass is 335 g/mol. The molecule has 0 aromatic carbocycles. The van der Waals surface area contributed by atoms with Crippen LogP contribution < -0.4 is 0 Å². The van der Waals surface area contributed by atoms with E-state index in [9.17, 15) is 0 Å². The fourth-order valence-electron chi connectivity index (χ4n) is 3.26. The lowest BCUT2D eigenvalue weighted by Gasteiger charge is -2.27. The molecule has 0 unspecified atom stereocenters. The maximum Gasteiger partial charge on any atom is 0.0746 e. The summed E-state index contributed by atoms with van der Waals surface area (Å²) < 4.78 is 13.1. The van der Waals surface area contributed by atoms with Gasteiger partial charge < -0.3 is 9.47 Å². The van der Waals surface area contributed by atoms with Crippen LogP contribution in [0.5, 0.6) is 0 Å². The van der Waals surface area contributed by atoms with Crippen molar-refractivity contribution in [3.8, 4) is 0 Å². The molecule has 0 saturated carbocycles. The van der Waals surface area contributed by atoms with Crippen molar-refractivity contribution in [2.24, 2.45) is 7.05 Å². The molecule has 1 fully saturated rings. The summed E-state index contributed by atoms with van der Waals surface area (Å²) in [6.45, 7) is 3.40. The highest BCUT2D eigenvalue weighted by atomic mass is 32.1. The average Bonchev–Trinajstić information content (AvgIpc) is 3.26. The Morgan fingerprint density at radius 3 is 2.96 bits per heavy atom. The van der Waals surface area contributed by atoms with Gasteiger partial charge in [0.05, 0.1) is 25.5 Å². The molecule has 0 radical (unpaired) electrons. The first-order valence-corrected chi connectivity index (χ1v) is 9.03. The topological polar surface area (TPSA) is 39.5 Å². The number of aryl methyl sites for hydroxylation is 1. The normalized spacial score (nSPS) is 22.0. The van der Waals surface area contributed by atoms with Gasteiger partial charge in [-0.3, -0.25) is 9.58 Å². The molecular weight excluding hydrogens is 310 g/mol. The Balaban J connectivity index is 1.67. The second-order valence-electron chi connectivity index (χ2n) is 6.09. The number of methoxy groups -OCH3 is 1. The highest BCUT2D eigenvalue weighted by Gasteiger charge is 2.35. The van der Waals surface area contributed by atoms with E-state index in [0.29, 0.717) is 19.3 Å². The van der Waals surface area contributed by atoms with Gasteiger partial charge in [0, 0.05) is 39.5 Å². The van der Waals surface area contributed by atoms with Gasteiger partial charge in [-0.15, -0.1) is 0 Å². The largest absolute Gasteiger partial charge is 0.382 e. The first-order chi connectivity index (χ1) is 11.3. The van der Waals surface area contributed by atoms with Gasteiger partial charge in [0.1, 0.15) is 0 Å². The number of rotatable bonds is 8. The molecular formula is C17H25N3O2S. The number of hydrogen-bond acceptors (Lipinski definition) is 5. The van der Waals surface area contributed by atoms with Crippen molar-refractivity contribution < 1.29 is 9.47 Å². The standard InChI is InChI=1S/C17H25N3O2S/c1-19-11-15(10-18-19)9-16-17(22-7-6-21-2)3-5-20(16)12-14-4-8-23-13-14/h4,8,10-11,13,16-17H,3,5-7,9,12H2,1-2H3/t16-,17+/m0/s1. The van der Waals surface area contributed by atoms with Crippen molar-refractivity contribution in [1.29, 1.82) is 0 Å². The van der Waals surface area contributed by atoms with Crippen LogP contribution in [0.3, 0.4) is 0 Å². The molecule has 2 aromatic rings. The van der Waals surface area contributed by atoms with E-state index in [1.165, 1.54) is 11.1 Å². The predicted octanol–water partition coefficient (Wildman–Crippen LogP) is 2.33. The van der Waals surface area contributed by atoms with Crippen molar-refractivity contribution in [1.82, 2.24) is 14.7 Å². The van der Waals surface area contributed by atoms with Gasteiger partial charge in [0.15, 0.2) is 0 Å². The predicted molar refractivity (Wildman–Crippen MR) is 91.7 cm³/mol. The number of ether oxygens (including phenoxy) is 2. The zero-order chi connectivity index (χ0) is 16.1. The fraction of sp³-hybridized carbons (Fsp3) is 0.588. The van der Waals surface area contributed by atoms with E-state index in [4.69, 9.17) is 9.47 Å². The summed E-state index contributed by atoms with van der Waals surface area (Å²) >= 11 is 1.76. The number of likely N-dealkylation sites (tertiary alicyclic amines) is 1. The molecule has 5 nitrogen and oxygen atoms in total. The third-order valence-electron chi connectivity index (χ3n) is 4.39. The molecule has 126 valence electrons. The van der Waals surface area contributed by atoms with E-state index in [-0.39, 0.29) is 6.10 Å². The third-order valence-corrected chi connectivity index (χ3v) is 5.12. The lowest BCUT2D eigenvalue weighted by molar-refractivity contribution is -0.00129. The molecule has 2 aromatic heterocycles. The number of thiophene rings is 1. The van der Waals surface area contributed by atoms with Crippen molar-refractivity contribution in [2.45, 2.75) is 31.5 Å². The van der Waals surface area contributed by atoms with Crippen LogP contribution in [0.4, 0.5) is 0 Å². The Morgan fingerprint density at radius 1 is 1.35 bits per heavy atom. The fourth-order valence-corrected chi connectivity index (χ4v) is 3.92. The highest BCUT2D eigenvalue weighted by molar-refractivity contribution is 7.07. The summed E-state index contributed by atoms with van der Waals surface area (Å²) in [4.78, 5) is 2.55. The Bertz CT molecular complexity index is 584. The van der Waals surface area contributed by atoms with Crippen molar-refractivity contribution >= 4 is 11.3 Å². The molecule has 0 bridgehead atoms. The first-order valence-electron chi connectivity index (χ1n) is 8.09. The van der Waals surface area contributed by atoms with Crippen LogP contribution >= 0.6 is 11.3 Å². The molecule has 3 rings (SSSR count). The Morgan fingerprint density at radius 2 is 2.26 bits per heavy atom. The van der Waals surface area contributed by atoms with E-state index in [1.807, 2.05) is 17.9 Å². The summed E-state index contributed by atoms with van der Waals surface area (Å²) in [6, 6.07) is 2.61. The molecule has 0 amide bonds. The van der Waals surface area contributed by atoms with E-state index < -0.39 is 0 Å². The van der Waals surface area contributed by atoms with E-state index in [0.717, 1.165) is 25.9 Å². The van der Waals surface area contributed by atoms with Crippen LogP contribution in [-0.2, 0) is 29.5 Å². The van der Waals surface area contributed by atoms with Gasteiger partial charge in [-0.1, -0.05) is 0 Å². The van der Waals surface area contributed by atoms with Crippen LogP contribution in [0.2, 0.25) is 0 Å². The van der Waals surface area contributed by atoms with Crippen LogP contribution in [0, 0.1) is 0 Å². The molecule has 3 heterocycles. The minimum Gasteiger partial charge on any atom is -0.382 e. The van der Waals surface area contributed by atoms with Crippen LogP contribution in [0.1, 0.15) is 17.5 Å². The first kappa shape index (κ1) is 16.6. The minimum absolute atomic E-state index is 0.268. The van der Waals surface area contributed by atoms with Gasteiger partial charge in [0.2, 0.25) is 0 Å². The summed E-state index contributed by atoms with van der Waals surface area (Å²) in [5, 5.41) is 8.68. The Kier molecular flexibility index (Phi) is 5.83. The zero-order valence-corrected chi connectivity index (χ0v) is 14.7. The molecule has 23 heavy (non-hydrogen) atoms. The SMILES string of the molecule is COCCO[C@@H]1CCN(Cc2ccsc2)[C@H]1Cc1cnn(C)c1. The van der Waals surface area contributed by atoms with E-state index in [2.05, 4.69) is 33.0 Å². The van der Waals surface area contributed by atoms with Gasteiger partial charge in [0.25, 0.3) is 0 Å². The smallest absolute Gasteiger partial charge is 0.0746 e. The molecule has 1 aliphatic rings. The van der Waals surface area contributed by atoms with Crippen molar-refractivity contribution in [3.05, 3.63) is 40.3 Å². The molecule has 6 heteroatoms.